The highest BCUT2D eigenvalue weighted by Crippen LogP contribution is 2.26. The fourth-order valence-electron chi connectivity index (χ4n) is 2.66. The first-order chi connectivity index (χ1) is 8.22. The first-order valence-corrected chi connectivity index (χ1v) is 6.30. The molecule has 0 amide bonds. The summed E-state index contributed by atoms with van der Waals surface area (Å²) < 4.78 is 7.36. The lowest BCUT2D eigenvalue weighted by atomic mass is 9.82. The SMILES string of the molecule is CNC(Cc1ncnn1C)C1CCOCC1C. The Hall–Kier alpha value is -0.940. The summed E-state index contributed by atoms with van der Waals surface area (Å²) in [6, 6.07) is 0.455. The molecule has 5 nitrogen and oxygen atoms in total. The molecule has 0 radical (unpaired) electrons. The van der Waals surface area contributed by atoms with Gasteiger partial charge in [0.15, 0.2) is 0 Å². The van der Waals surface area contributed by atoms with Crippen molar-refractivity contribution in [3.05, 3.63) is 12.2 Å². The summed E-state index contributed by atoms with van der Waals surface area (Å²) in [6.45, 7) is 4.03. The fourth-order valence-corrected chi connectivity index (χ4v) is 2.66. The van der Waals surface area contributed by atoms with Gasteiger partial charge in [-0.1, -0.05) is 6.92 Å². The van der Waals surface area contributed by atoms with Gasteiger partial charge in [0.2, 0.25) is 0 Å². The van der Waals surface area contributed by atoms with Crippen LogP contribution in [0, 0.1) is 11.8 Å². The molecule has 1 aromatic rings. The standard InChI is InChI=1S/C12H22N4O/c1-9-7-17-5-4-10(9)11(13-2)6-12-14-8-15-16(12)3/h8-11,13H,4-7H2,1-3H3. The molecule has 0 spiro atoms. The average Bonchev–Trinajstić information content (AvgIpc) is 2.73. The van der Waals surface area contributed by atoms with Crippen molar-refractivity contribution in [1.29, 1.82) is 0 Å². The second kappa shape index (κ2) is 5.60. The Kier molecular flexibility index (Phi) is 4.12. The van der Waals surface area contributed by atoms with E-state index in [1.165, 1.54) is 0 Å². The van der Waals surface area contributed by atoms with Crippen molar-refractivity contribution < 1.29 is 4.74 Å². The van der Waals surface area contributed by atoms with Crippen LogP contribution in [0.25, 0.3) is 0 Å². The van der Waals surface area contributed by atoms with Crippen LogP contribution in [0.1, 0.15) is 19.2 Å². The Morgan fingerprint density at radius 3 is 3.06 bits per heavy atom. The van der Waals surface area contributed by atoms with E-state index in [0.717, 1.165) is 31.9 Å². The quantitative estimate of drug-likeness (QED) is 0.835. The van der Waals surface area contributed by atoms with Gasteiger partial charge in [-0.15, -0.1) is 0 Å². The van der Waals surface area contributed by atoms with Crippen LogP contribution in [0.15, 0.2) is 6.33 Å². The van der Waals surface area contributed by atoms with Gasteiger partial charge in [-0.05, 0) is 25.3 Å². The number of nitrogens with zero attached hydrogens (tertiary/aromatic N) is 3. The summed E-state index contributed by atoms with van der Waals surface area (Å²) in [5.74, 6) is 2.31. The maximum absolute atomic E-state index is 5.50. The fraction of sp³-hybridized carbons (Fsp3) is 0.833. The van der Waals surface area contributed by atoms with E-state index < -0.39 is 0 Å². The van der Waals surface area contributed by atoms with Crippen LogP contribution in [0.4, 0.5) is 0 Å². The minimum atomic E-state index is 0.455. The number of hydrogen-bond acceptors (Lipinski definition) is 4. The van der Waals surface area contributed by atoms with Crippen LogP contribution >= 0.6 is 0 Å². The maximum Gasteiger partial charge on any atom is 0.138 e. The van der Waals surface area contributed by atoms with Gasteiger partial charge in [-0.2, -0.15) is 5.10 Å². The molecule has 96 valence electrons. The molecule has 0 bridgehead atoms. The molecule has 3 unspecified atom stereocenters. The van der Waals surface area contributed by atoms with Gasteiger partial charge < -0.3 is 10.1 Å². The van der Waals surface area contributed by atoms with E-state index in [9.17, 15) is 0 Å². The summed E-state index contributed by atoms with van der Waals surface area (Å²) >= 11 is 0. The molecule has 2 rings (SSSR count). The highest BCUT2D eigenvalue weighted by atomic mass is 16.5. The molecular weight excluding hydrogens is 216 g/mol. The summed E-state index contributed by atoms with van der Waals surface area (Å²) in [5.41, 5.74) is 0. The minimum absolute atomic E-state index is 0.455. The van der Waals surface area contributed by atoms with Gasteiger partial charge in [0.1, 0.15) is 12.2 Å². The zero-order chi connectivity index (χ0) is 12.3. The lowest BCUT2D eigenvalue weighted by Gasteiger charge is -2.35. The van der Waals surface area contributed by atoms with Crippen molar-refractivity contribution in [3.8, 4) is 0 Å². The molecule has 1 aliphatic rings. The molecule has 1 aromatic heterocycles. The molecule has 1 N–H and O–H groups in total. The third-order valence-electron chi connectivity index (χ3n) is 3.80. The zero-order valence-electron chi connectivity index (χ0n) is 10.9. The Morgan fingerprint density at radius 1 is 1.65 bits per heavy atom. The lowest BCUT2D eigenvalue weighted by molar-refractivity contribution is 0.0116. The summed E-state index contributed by atoms with van der Waals surface area (Å²) in [4.78, 5) is 4.30. The van der Waals surface area contributed by atoms with Crippen LogP contribution in [0.5, 0.6) is 0 Å². The van der Waals surface area contributed by atoms with Crippen LogP contribution in [0.3, 0.4) is 0 Å². The van der Waals surface area contributed by atoms with Crippen molar-refractivity contribution in [1.82, 2.24) is 20.1 Å². The number of rotatable bonds is 4. The lowest BCUT2D eigenvalue weighted by Crippen LogP contribution is -2.43. The van der Waals surface area contributed by atoms with Crippen LogP contribution in [-0.4, -0.2) is 41.1 Å². The average molecular weight is 238 g/mol. The smallest absolute Gasteiger partial charge is 0.138 e. The van der Waals surface area contributed by atoms with Crippen molar-refractivity contribution in [2.24, 2.45) is 18.9 Å². The third-order valence-corrected chi connectivity index (χ3v) is 3.80. The highest BCUT2D eigenvalue weighted by Gasteiger charge is 2.29. The number of aromatic nitrogens is 3. The van der Waals surface area contributed by atoms with Crippen LogP contribution in [-0.2, 0) is 18.2 Å². The van der Waals surface area contributed by atoms with Gasteiger partial charge >= 0.3 is 0 Å². The monoisotopic (exact) mass is 238 g/mol. The zero-order valence-corrected chi connectivity index (χ0v) is 10.9. The van der Waals surface area contributed by atoms with E-state index in [1.54, 1.807) is 6.33 Å². The van der Waals surface area contributed by atoms with Crippen LogP contribution < -0.4 is 5.32 Å². The van der Waals surface area contributed by atoms with E-state index in [-0.39, 0.29) is 0 Å². The van der Waals surface area contributed by atoms with Crippen molar-refractivity contribution in [2.45, 2.75) is 25.8 Å². The molecule has 1 saturated heterocycles. The summed E-state index contributed by atoms with van der Waals surface area (Å²) in [6.07, 6.45) is 3.68. The van der Waals surface area contributed by atoms with Gasteiger partial charge in [0.25, 0.3) is 0 Å². The minimum Gasteiger partial charge on any atom is -0.381 e. The molecular formula is C12H22N4O. The van der Waals surface area contributed by atoms with Gasteiger partial charge in [-0.25, -0.2) is 4.98 Å². The third kappa shape index (κ3) is 2.84. The number of aryl methyl sites for hydroxylation is 1. The van der Waals surface area contributed by atoms with E-state index in [0.29, 0.717) is 17.9 Å². The molecule has 1 fully saturated rings. The Morgan fingerprint density at radius 2 is 2.47 bits per heavy atom. The second-order valence-corrected chi connectivity index (χ2v) is 4.90. The molecule has 1 aliphatic heterocycles. The van der Waals surface area contributed by atoms with E-state index >= 15 is 0 Å². The number of ether oxygens (including phenoxy) is 1. The number of nitrogens with one attached hydrogen (secondary N) is 1. The number of likely N-dealkylation sites (N-methyl/N-ethyl adjacent to an activating group) is 1. The van der Waals surface area contributed by atoms with Gasteiger partial charge in [0.05, 0.1) is 0 Å². The van der Waals surface area contributed by atoms with E-state index in [2.05, 4.69) is 22.3 Å². The Bertz CT molecular complexity index is 352. The van der Waals surface area contributed by atoms with Crippen molar-refractivity contribution in [2.75, 3.05) is 20.3 Å². The van der Waals surface area contributed by atoms with E-state index in [4.69, 9.17) is 4.74 Å². The molecule has 0 saturated carbocycles. The van der Waals surface area contributed by atoms with Crippen molar-refractivity contribution >= 4 is 0 Å². The topological polar surface area (TPSA) is 52.0 Å². The first kappa shape index (κ1) is 12.5. The largest absolute Gasteiger partial charge is 0.381 e. The number of hydrogen-bond donors (Lipinski definition) is 1. The Balaban J connectivity index is 2.03. The van der Waals surface area contributed by atoms with Crippen LogP contribution in [0.2, 0.25) is 0 Å². The molecule has 5 heteroatoms. The van der Waals surface area contributed by atoms with E-state index in [1.807, 2.05) is 18.8 Å². The molecule has 0 aliphatic carbocycles. The second-order valence-electron chi connectivity index (χ2n) is 4.90. The highest BCUT2D eigenvalue weighted by molar-refractivity contribution is 4.93. The first-order valence-electron chi connectivity index (χ1n) is 6.30. The molecule has 3 atom stereocenters. The molecule has 0 aromatic carbocycles. The summed E-state index contributed by atoms with van der Waals surface area (Å²) in [5, 5.41) is 7.55. The maximum atomic E-state index is 5.50. The molecule has 17 heavy (non-hydrogen) atoms. The Labute approximate surface area is 103 Å². The van der Waals surface area contributed by atoms with Gasteiger partial charge in [-0.3, -0.25) is 4.68 Å². The van der Waals surface area contributed by atoms with Crippen molar-refractivity contribution in [3.63, 3.8) is 0 Å². The van der Waals surface area contributed by atoms with Gasteiger partial charge in [0, 0.05) is 32.7 Å². The molecule has 2 heterocycles. The predicted octanol–water partition coefficient (Wildman–Crippen LogP) is 0.618. The normalized spacial score (nSPS) is 27.0. The predicted molar refractivity (Wildman–Crippen MR) is 65.6 cm³/mol. The summed E-state index contributed by atoms with van der Waals surface area (Å²) in [7, 11) is 3.98.